The lowest BCUT2D eigenvalue weighted by atomic mass is 10.0. The second-order valence-corrected chi connectivity index (χ2v) is 4.36. The molecule has 0 radical (unpaired) electrons. The Labute approximate surface area is 102 Å². The van der Waals surface area contributed by atoms with Gasteiger partial charge >= 0.3 is 0 Å². The Balaban J connectivity index is 1.93. The van der Waals surface area contributed by atoms with Crippen LogP contribution < -0.4 is 11.1 Å². The minimum absolute atomic E-state index is 0.545. The molecule has 2 rings (SSSR count). The van der Waals surface area contributed by atoms with Crippen molar-refractivity contribution in [1.82, 2.24) is 5.32 Å². The fourth-order valence-corrected chi connectivity index (χ4v) is 1.96. The first-order chi connectivity index (χ1) is 8.36. The zero-order valence-corrected chi connectivity index (χ0v) is 9.97. The van der Waals surface area contributed by atoms with Crippen LogP contribution in [0.2, 0.25) is 0 Å². The van der Waals surface area contributed by atoms with Gasteiger partial charge in [-0.1, -0.05) is 30.3 Å². The fraction of sp³-hybridized carbons (Fsp3) is 0.357. The highest BCUT2D eigenvalue weighted by Crippen LogP contribution is 2.09. The van der Waals surface area contributed by atoms with Crippen molar-refractivity contribution in [3.8, 4) is 0 Å². The molecule has 1 aromatic carbocycles. The molecule has 0 amide bonds. The van der Waals surface area contributed by atoms with E-state index >= 15 is 0 Å². The smallest absolute Gasteiger partial charge is 0.0573 e. The molecule has 90 valence electrons. The summed E-state index contributed by atoms with van der Waals surface area (Å²) in [6.45, 7) is 2.16. The normalized spacial score (nSPS) is 21.9. The highest BCUT2D eigenvalue weighted by atomic mass is 14.9. The number of rotatable bonds is 3. The van der Waals surface area contributed by atoms with Gasteiger partial charge in [-0.25, -0.2) is 0 Å². The van der Waals surface area contributed by atoms with Gasteiger partial charge in [-0.3, -0.25) is 4.99 Å². The van der Waals surface area contributed by atoms with Crippen LogP contribution in [0.25, 0.3) is 5.70 Å². The summed E-state index contributed by atoms with van der Waals surface area (Å²) in [4.78, 5) is 4.32. The van der Waals surface area contributed by atoms with Gasteiger partial charge in [0, 0.05) is 24.9 Å². The van der Waals surface area contributed by atoms with Crippen LogP contribution >= 0.6 is 0 Å². The van der Waals surface area contributed by atoms with Gasteiger partial charge in [-0.15, -0.1) is 0 Å². The lowest BCUT2D eigenvalue weighted by molar-refractivity contribution is 0.463. The molecule has 0 aromatic heterocycles. The number of nitrogens with zero attached hydrogens (tertiary/aromatic N) is 1. The minimum Gasteiger partial charge on any atom is -0.397 e. The van der Waals surface area contributed by atoms with E-state index in [0.717, 1.165) is 18.7 Å². The Morgan fingerprint density at radius 2 is 2.18 bits per heavy atom. The lowest BCUT2D eigenvalue weighted by Crippen LogP contribution is -2.30. The first-order valence-corrected chi connectivity index (χ1v) is 6.11. The third kappa shape index (κ3) is 3.71. The van der Waals surface area contributed by atoms with Gasteiger partial charge in [-0.2, -0.15) is 0 Å². The molecule has 1 heterocycles. The summed E-state index contributed by atoms with van der Waals surface area (Å²) in [6.07, 6.45) is 6.19. The zero-order chi connectivity index (χ0) is 11.9. The van der Waals surface area contributed by atoms with Crippen molar-refractivity contribution in [2.45, 2.75) is 12.8 Å². The highest BCUT2D eigenvalue weighted by molar-refractivity contribution is 5.67. The number of nitrogens with one attached hydrogen (secondary N) is 1. The van der Waals surface area contributed by atoms with Crippen molar-refractivity contribution in [2.24, 2.45) is 16.6 Å². The Hall–Kier alpha value is -1.61. The number of benzene rings is 1. The second kappa shape index (κ2) is 6.21. The van der Waals surface area contributed by atoms with E-state index in [2.05, 4.69) is 10.3 Å². The molecule has 0 spiro atoms. The number of hydrogen-bond donors (Lipinski definition) is 2. The van der Waals surface area contributed by atoms with Gasteiger partial charge in [0.25, 0.3) is 0 Å². The average molecular weight is 229 g/mol. The van der Waals surface area contributed by atoms with Gasteiger partial charge in [0.15, 0.2) is 0 Å². The van der Waals surface area contributed by atoms with Crippen LogP contribution in [-0.2, 0) is 0 Å². The number of nitrogens with two attached hydrogens (primary N) is 1. The molecule has 1 saturated heterocycles. The summed E-state index contributed by atoms with van der Waals surface area (Å²) in [7, 11) is 0. The minimum atomic E-state index is 0.545. The van der Waals surface area contributed by atoms with Gasteiger partial charge in [0.2, 0.25) is 0 Å². The summed E-state index contributed by atoms with van der Waals surface area (Å²) in [6, 6.07) is 9.91. The Bertz CT molecular complexity index is 389. The molecule has 1 unspecified atom stereocenters. The molecular formula is C14H19N3. The maximum Gasteiger partial charge on any atom is 0.0573 e. The number of aliphatic imine (C=N–C) groups is 1. The van der Waals surface area contributed by atoms with E-state index in [4.69, 9.17) is 5.73 Å². The molecule has 3 heteroatoms. The Morgan fingerprint density at radius 3 is 2.88 bits per heavy atom. The molecule has 0 bridgehead atoms. The molecule has 1 aliphatic heterocycles. The van der Waals surface area contributed by atoms with Gasteiger partial charge in [0.05, 0.1) is 5.70 Å². The number of piperidine rings is 1. The van der Waals surface area contributed by atoms with Gasteiger partial charge in [-0.05, 0) is 24.9 Å². The van der Waals surface area contributed by atoms with Crippen LogP contribution in [0, 0.1) is 5.92 Å². The fourth-order valence-electron chi connectivity index (χ4n) is 1.96. The molecular weight excluding hydrogens is 210 g/mol. The molecule has 0 aliphatic carbocycles. The summed E-state index contributed by atoms with van der Waals surface area (Å²) in [5, 5.41) is 3.36. The topological polar surface area (TPSA) is 50.4 Å². The molecule has 1 aromatic rings. The Kier molecular flexibility index (Phi) is 4.33. The molecule has 1 fully saturated rings. The molecule has 17 heavy (non-hydrogen) atoms. The molecule has 1 atom stereocenters. The summed E-state index contributed by atoms with van der Waals surface area (Å²) >= 11 is 0. The third-order valence-corrected chi connectivity index (χ3v) is 2.95. The second-order valence-electron chi connectivity index (χ2n) is 4.36. The maximum atomic E-state index is 5.94. The summed E-state index contributed by atoms with van der Waals surface area (Å²) < 4.78 is 0. The third-order valence-electron chi connectivity index (χ3n) is 2.95. The van der Waals surface area contributed by atoms with Crippen molar-refractivity contribution >= 4 is 11.9 Å². The van der Waals surface area contributed by atoms with E-state index in [1.807, 2.05) is 36.5 Å². The first-order valence-electron chi connectivity index (χ1n) is 6.11. The average Bonchev–Trinajstić information content (AvgIpc) is 2.41. The monoisotopic (exact) mass is 229 g/mol. The molecule has 3 nitrogen and oxygen atoms in total. The van der Waals surface area contributed by atoms with Crippen molar-refractivity contribution in [1.29, 1.82) is 0 Å². The van der Waals surface area contributed by atoms with Crippen molar-refractivity contribution < 1.29 is 0 Å². The van der Waals surface area contributed by atoms with E-state index in [0.29, 0.717) is 11.6 Å². The van der Waals surface area contributed by atoms with Gasteiger partial charge in [0.1, 0.15) is 0 Å². The summed E-state index contributed by atoms with van der Waals surface area (Å²) in [5.74, 6) is 0.545. The quantitative estimate of drug-likeness (QED) is 0.779. The summed E-state index contributed by atoms with van der Waals surface area (Å²) in [5.41, 5.74) is 7.68. The standard InChI is InChI=1S/C14H19N3/c15-14(13-6-2-1-3-7-13)11-17-10-12-5-4-8-16-9-12/h1-3,6-7,10-12,16H,4-5,8-9,15H2/b14-11-,17-10+. The van der Waals surface area contributed by atoms with E-state index in [1.54, 1.807) is 6.20 Å². The van der Waals surface area contributed by atoms with E-state index in [1.165, 1.54) is 12.8 Å². The Morgan fingerprint density at radius 1 is 1.35 bits per heavy atom. The number of hydrogen-bond acceptors (Lipinski definition) is 3. The van der Waals surface area contributed by atoms with Crippen LogP contribution in [-0.4, -0.2) is 19.3 Å². The first kappa shape index (κ1) is 11.9. The predicted octanol–water partition coefficient (Wildman–Crippen LogP) is 2.01. The SMILES string of the molecule is N/C(=C\N=C\C1CCCNC1)c1ccccc1. The highest BCUT2D eigenvalue weighted by Gasteiger charge is 2.09. The van der Waals surface area contributed by atoms with E-state index in [-0.39, 0.29) is 0 Å². The van der Waals surface area contributed by atoms with Crippen LogP contribution in [0.15, 0.2) is 41.5 Å². The van der Waals surface area contributed by atoms with E-state index < -0.39 is 0 Å². The zero-order valence-electron chi connectivity index (χ0n) is 9.97. The van der Waals surface area contributed by atoms with Crippen LogP contribution in [0.5, 0.6) is 0 Å². The lowest BCUT2D eigenvalue weighted by Gasteiger charge is -2.18. The van der Waals surface area contributed by atoms with Crippen LogP contribution in [0.4, 0.5) is 0 Å². The van der Waals surface area contributed by atoms with Crippen molar-refractivity contribution in [3.63, 3.8) is 0 Å². The largest absolute Gasteiger partial charge is 0.397 e. The van der Waals surface area contributed by atoms with Crippen molar-refractivity contribution in [2.75, 3.05) is 13.1 Å². The molecule has 3 N–H and O–H groups in total. The maximum absolute atomic E-state index is 5.94. The van der Waals surface area contributed by atoms with Crippen molar-refractivity contribution in [3.05, 3.63) is 42.1 Å². The molecule has 0 saturated carbocycles. The predicted molar refractivity (Wildman–Crippen MR) is 72.7 cm³/mol. The van der Waals surface area contributed by atoms with Crippen LogP contribution in [0.1, 0.15) is 18.4 Å². The molecule has 1 aliphatic rings. The van der Waals surface area contributed by atoms with E-state index in [9.17, 15) is 0 Å². The van der Waals surface area contributed by atoms with Gasteiger partial charge < -0.3 is 11.1 Å². The van der Waals surface area contributed by atoms with Crippen LogP contribution in [0.3, 0.4) is 0 Å².